The van der Waals surface area contributed by atoms with Gasteiger partial charge in [-0.05, 0) is 11.5 Å². The molecule has 0 amide bonds. The normalized spacial score (nSPS) is 9.40. The van der Waals surface area contributed by atoms with Crippen molar-refractivity contribution in [3.63, 3.8) is 0 Å². The summed E-state index contributed by atoms with van der Waals surface area (Å²) in [4.78, 5) is 0. The van der Waals surface area contributed by atoms with E-state index in [1.54, 1.807) is 6.07 Å². The molecular formula is C7H8BFO. The zero-order chi connectivity index (χ0) is 7.56. The monoisotopic (exact) mass is 138 g/mol. The highest BCUT2D eigenvalue weighted by Gasteiger charge is 1.97. The van der Waals surface area contributed by atoms with Crippen molar-refractivity contribution in [2.75, 3.05) is 7.11 Å². The van der Waals surface area contributed by atoms with E-state index < -0.39 is 0 Å². The van der Waals surface area contributed by atoms with Gasteiger partial charge in [-0.25, -0.2) is 4.39 Å². The van der Waals surface area contributed by atoms with Gasteiger partial charge in [-0.1, -0.05) is 6.07 Å². The summed E-state index contributed by atoms with van der Waals surface area (Å²) >= 11 is 0. The predicted molar refractivity (Wildman–Crippen MR) is 41.1 cm³/mol. The average molecular weight is 138 g/mol. The summed E-state index contributed by atoms with van der Waals surface area (Å²) in [6.07, 6.45) is 0. The van der Waals surface area contributed by atoms with Gasteiger partial charge in [0.25, 0.3) is 0 Å². The number of rotatable bonds is 1. The molecule has 0 saturated heterocycles. The minimum atomic E-state index is -0.262. The van der Waals surface area contributed by atoms with Crippen LogP contribution in [-0.2, 0) is 0 Å². The van der Waals surface area contributed by atoms with Crippen LogP contribution < -0.4 is 10.2 Å². The highest BCUT2D eigenvalue weighted by molar-refractivity contribution is 6.34. The van der Waals surface area contributed by atoms with Gasteiger partial charge >= 0.3 is 0 Å². The molecule has 0 aromatic heterocycles. The zero-order valence-electron chi connectivity index (χ0n) is 6.02. The first-order chi connectivity index (χ1) is 4.74. The van der Waals surface area contributed by atoms with Crippen LogP contribution in [0, 0.1) is 5.82 Å². The summed E-state index contributed by atoms with van der Waals surface area (Å²) in [7, 11) is 3.40. The third kappa shape index (κ3) is 1.29. The Morgan fingerprint density at radius 3 is 2.70 bits per heavy atom. The first kappa shape index (κ1) is 7.13. The standard InChI is InChI=1S/C7H8BFO/c1-10-7-4-5(9)2-3-6(7)8/h2-4H,8H2,1H3. The van der Waals surface area contributed by atoms with Gasteiger partial charge in [-0.2, -0.15) is 0 Å². The molecule has 1 rings (SSSR count). The summed E-state index contributed by atoms with van der Waals surface area (Å²) in [5.41, 5.74) is 0.948. The zero-order valence-corrected chi connectivity index (χ0v) is 6.02. The van der Waals surface area contributed by atoms with Crippen molar-refractivity contribution in [2.24, 2.45) is 0 Å². The van der Waals surface area contributed by atoms with E-state index in [9.17, 15) is 4.39 Å². The Labute approximate surface area is 60.2 Å². The van der Waals surface area contributed by atoms with Crippen molar-refractivity contribution >= 4 is 13.3 Å². The first-order valence-electron chi connectivity index (χ1n) is 3.04. The van der Waals surface area contributed by atoms with Crippen LogP contribution in [0.25, 0.3) is 0 Å². The summed E-state index contributed by atoms with van der Waals surface area (Å²) in [6, 6.07) is 4.47. The molecule has 0 unspecified atom stereocenters. The van der Waals surface area contributed by atoms with Gasteiger partial charge in [0.1, 0.15) is 19.4 Å². The predicted octanol–water partition coefficient (Wildman–Crippen LogP) is 0.0927. The maximum absolute atomic E-state index is 12.5. The fourth-order valence-corrected chi connectivity index (χ4v) is 0.794. The average Bonchev–Trinajstić information content (AvgIpc) is 1.94. The fraction of sp³-hybridized carbons (Fsp3) is 0.143. The van der Waals surface area contributed by atoms with Crippen LogP contribution in [0.4, 0.5) is 4.39 Å². The quantitative estimate of drug-likeness (QED) is 0.499. The molecule has 0 atom stereocenters. The molecule has 0 bridgehead atoms. The molecule has 0 aliphatic heterocycles. The summed E-state index contributed by atoms with van der Waals surface area (Å²) in [5, 5.41) is 0. The van der Waals surface area contributed by atoms with Crippen molar-refractivity contribution < 1.29 is 9.13 Å². The van der Waals surface area contributed by atoms with Gasteiger partial charge < -0.3 is 4.74 Å². The second kappa shape index (κ2) is 2.73. The van der Waals surface area contributed by atoms with Crippen molar-refractivity contribution in [1.82, 2.24) is 0 Å². The minimum Gasteiger partial charge on any atom is -0.497 e. The molecule has 1 aromatic carbocycles. The maximum Gasteiger partial charge on any atom is 0.144 e. The first-order valence-corrected chi connectivity index (χ1v) is 3.04. The lowest BCUT2D eigenvalue weighted by atomic mass is 9.95. The molecule has 0 N–H and O–H groups in total. The summed E-state index contributed by atoms with van der Waals surface area (Å²) in [6.45, 7) is 0. The van der Waals surface area contributed by atoms with Gasteiger partial charge in [0.2, 0.25) is 0 Å². The summed E-state index contributed by atoms with van der Waals surface area (Å²) < 4.78 is 17.3. The maximum atomic E-state index is 12.5. The molecule has 0 spiro atoms. The van der Waals surface area contributed by atoms with E-state index in [-0.39, 0.29) is 5.82 Å². The fourth-order valence-electron chi connectivity index (χ4n) is 0.794. The van der Waals surface area contributed by atoms with Crippen molar-refractivity contribution in [3.8, 4) is 5.75 Å². The third-order valence-corrected chi connectivity index (χ3v) is 1.37. The summed E-state index contributed by atoms with van der Waals surface area (Å²) in [5.74, 6) is 0.336. The van der Waals surface area contributed by atoms with Crippen LogP contribution in [-0.4, -0.2) is 15.0 Å². The van der Waals surface area contributed by atoms with Crippen molar-refractivity contribution in [2.45, 2.75) is 0 Å². The van der Waals surface area contributed by atoms with Gasteiger partial charge in [-0.15, -0.1) is 0 Å². The molecule has 0 fully saturated rings. The second-order valence-corrected chi connectivity index (χ2v) is 2.11. The van der Waals surface area contributed by atoms with Gasteiger partial charge in [0, 0.05) is 6.07 Å². The van der Waals surface area contributed by atoms with Gasteiger partial charge in [-0.3, -0.25) is 0 Å². The van der Waals surface area contributed by atoms with Crippen LogP contribution in [0.1, 0.15) is 0 Å². The van der Waals surface area contributed by atoms with Crippen LogP contribution in [0.2, 0.25) is 0 Å². The largest absolute Gasteiger partial charge is 0.497 e. The molecule has 1 nitrogen and oxygen atoms in total. The van der Waals surface area contributed by atoms with Crippen LogP contribution in [0.15, 0.2) is 18.2 Å². The van der Waals surface area contributed by atoms with E-state index in [2.05, 4.69) is 0 Å². The van der Waals surface area contributed by atoms with Gasteiger partial charge in [0.05, 0.1) is 7.11 Å². The van der Waals surface area contributed by atoms with Crippen LogP contribution in [0.5, 0.6) is 5.75 Å². The number of hydrogen-bond donors (Lipinski definition) is 0. The van der Waals surface area contributed by atoms with E-state index in [1.165, 1.54) is 19.2 Å². The number of halogens is 1. The number of ether oxygens (including phenoxy) is 1. The SMILES string of the molecule is Bc1ccc(F)cc1OC. The van der Waals surface area contributed by atoms with Gasteiger partial charge in [0.15, 0.2) is 0 Å². The Morgan fingerprint density at radius 2 is 2.20 bits per heavy atom. The smallest absolute Gasteiger partial charge is 0.144 e. The molecular weight excluding hydrogens is 130 g/mol. The highest BCUT2D eigenvalue weighted by atomic mass is 19.1. The Morgan fingerprint density at radius 1 is 1.50 bits per heavy atom. The minimum absolute atomic E-state index is 0.262. The van der Waals surface area contributed by atoms with E-state index in [0.717, 1.165) is 5.46 Å². The molecule has 0 radical (unpaired) electrons. The third-order valence-electron chi connectivity index (χ3n) is 1.37. The number of hydrogen-bond acceptors (Lipinski definition) is 1. The Hall–Kier alpha value is -0.985. The number of methoxy groups -OCH3 is 1. The van der Waals surface area contributed by atoms with Crippen molar-refractivity contribution in [3.05, 3.63) is 24.0 Å². The molecule has 10 heavy (non-hydrogen) atoms. The van der Waals surface area contributed by atoms with E-state index in [1.807, 2.05) is 7.85 Å². The Bertz CT molecular complexity index is 237. The van der Waals surface area contributed by atoms with E-state index in [4.69, 9.17) is 4.74 Å². The van der Waals surface area contributed by atoms with E-state index >= 15 is 0 Å². The molecule has 0 heterocycles. The number of benzene rings is 1. The lowest BCUT2D eigenvalue weighted by Crippen LogP contribution is -2.06. The highest BCUT2D eigenvalue weighted by Crippen LogP contribution is 2.06. The molecule has 1 aromatic rings. The molecule has 3 heteroatoms. The molecule has 0 aliphatic rings. The molecule has 0 saturated carbocycles. The Kier molecular flexibility index (Phi) is 1.95. The Balaban J connectivity index is 3.09. The van der Waals surface area contributed by atoms with Crippen LogP contribution >= 0.6 is 0 Å². The molecule has 52 valence electrons. The molecule has 0 aliphatic carbocycles. The van der Waals surface area contributed by atoms with Crippen molar-refractivity contribution in [1.29, 1.82) is 0 Å². The second-order valence-electron chi connectivity index (χ2n) is 2.11. The topological polar surface area (TPSA) is 9.23 Å². The lowest BCUT2D eigenvalue weighted by molar-refractivity contribution is 0.415. The van der Waals surface area contributed by atoms with E-state index in [0.29, 0.717) is 5.75 Å². The van der Waals surface area contributed by atoms with Crippen LogP contribution in [0.3, 0.4) is 0 Å². The lowest BCUT2D eigenvalue weighted by Gasteiger charge is -2.02.